The highest BCUT2D eigenvalue weighted by Gasteiger charge is 2.32. The third kappa shape index (κ3) is 3.29. The second kappa shape index (κ2) is 6.72. The van der Waals surface area contributed by atoms with Gasteiger partial charge >= 0.3 is 0 Å². The van der Waals surface area contributed by atoms with Crippen LogP contribution in [-0.2, 0) is 4.74 Å². The number of carbonyl (C=O) groups excluding carboxylic acids is 1. The fourth-order valence-electron chi connectivity index (χ4n) is 2.17. The normalized spacial score (nSPS) is 21.8. The summed E-state index contributed by atoms with van der Waals surface area (Å²) in [7, 11) is 1.69. The smallest absolute Gasteiger partial charge is 0.254 e. The number of benzene rings is 1. The second-order valence-corrected chi connectivity index (χ2v) is 4.96. The summed E-state index contributed by atoms with van der Waals surface area (Å²) in [6.45, 7) is 3.37. The van der Waals surface area contributed by atoms with E-state index in [1.54, 1.807) is 36.2 Å². The summed E-state index contributed by atoms with van der Waals surface area (Å²) >= 11 is 0. The first-order valence-electron chi connectivity index (χ1n) is 6.89. The summed E-state index contributed by atoms with van der Waals surface area (Å²) in [5, 5.41) is 9.76. The average molecular weight is 279 g/mol. The van der Waals surface area contributed by atoms with E-state index < -0.39 is 6.10 Å². The Kier molecular flexibility index (Phi) is 4.98. The maximum absolute atomic E-state index is 12.3. The van der Waals surface area contributed by atoms with Crippen molar-refractivity contribution in [3.05, 3.63) is 29.8 Å². The number of nitrogens with zero attached hydrogens (tertiary/aromatic N) is 1. The molecule has 0 aromatic heterocycles. The van der Waals surface area contributed by atoms with Crippen LogP contribution in [0.15, 0.2) is 24.3 Å². The van der Waals surface area contributed by atoms with Gasteiger partial charge in [-0.1, -0.05) is 6.92 Å². The molecule has 1 heterocycles. The lowest BCUT2D eigenvalue weighted by Gasteiger charge is -2.25. The molecule has 1 aliphatic heterocycles. The lowest BCUT2D eigenvalue weighted by Crippen LogP contribution is -2.44. The minimum absolute atomic E-state index is 0.124. The van der Waals surface area contributed by atoms with Gasteiger partial charge < -0.3 is 19.5 Å². The molecule has 1 fully saturated rings. The highest BCUT2D eigenvalue weighted by Crippen LogP contribution is 2.17. The lowest BCUT2D eigenvalue weighted by molar-refractivity contribution is 0.0581. The first-order valence-corrected chi connectivity index (χ1v) is 6.89. The van der Waals surface area contributed by atoms with Crippen molar-refractivity contribution >= 4 is 5.91 Å². The number of carbonyl (C=O) groups is 1. The topological polar surface area (TPSA) is 59.0 Å². The molecule has 1 aliphatic rings. The molecule has 0 bridgehead atoms. The number of rotatable bonds is 5. The number of aliphatic hydroxyl groups is 1. The Morgan fingerprint density at radius 1 is 1.40 bits per heavy atom. The molecule has 0 radical (unpaired) electrons. The van der Waals surface area contributed by atoms with Crippen molar-refractivity contribution in [2.75, 3.05) is 26.9 Å². The molecule has 0 aliphatic carbocycles. The molecule has 1 N–H and O–H groups in total. The van der Waals surface area contributed by atoms with Gasteiger partial charge in [0.05, 0.1) is 32.0 Å². The number of aliphatic hydroxyl groups excluding tert-OH is 1. The number of amides is 1. The van der Waals surface area contributed by atoms with Gasteiger partial charge in [0, 0.05) is 12.6 Å². The Bertz CT molecular complexity index is 446. The van der Waals surface area contributed by atoms with E-state index in [2.05, 4.69) is 0 Å². The van der Waals surface area contributed by atoms with Crippen molar-refractivity contribution in [1.29, 1.82) is 0 Å². The predicted octanol–water partition coefficient (Wildman–Crippen LogP) is 1.31. The Hall–Kier alpha value is -1.59. The monoisotopic (exact) mass is 279 g/mol. The highest BCUT2D eigenvalue weighted by molar-refractivity contribution is 5.94. The second-order valence-electron chi connectivity index (χ2n) is 4.96. The molecule has 1 saturated heterocycles. The average Bonchev–Trinajstić information content (AvgIpc) is 2.90. The molecule has 1 aromatic rings. The summed E-state index contributed by atoms with van der Waals surface area (Å²) in [6.07, 6.45) is 0.333. The molecule has 0 spiro atoms. The van der Waals surface area contributed by atoms with Crippen LogP contribution in [0.1, 0.15) is 23.7 Å². The molecule has 20 heavy (non-hydrogen) atoms. The number of ether oxygens (including phenoxy) is 2. The standard InChI is InChI=1S/C15H21NO4/c1-3-8-20-12-6-4-11(5-7-12)15(18)16(2)13-9-19-10-14(13)17/h4-7,13-14,17H,3,8-10H2,1-2H3/t13-,14-/m0/s1. The van der Waals surface area contributed by atoms with Gasteiger partial charge in [-0.3, -0.25) is 4.79 Å². The highest BCUT2D eigenvalue weighted by atomic mass is 16.5. The Morgan fingerprint density at radius 3 is 2.65 bits per heavy atom. The molecule has 5 nitrogen and oxygen atoms in total. The van der Waals surface area contributed by atoms with Crippen LogP contribution in [0.2, 0.25) is 0 Å². The molecule has 1 amide bonds. The number of hydrogen-bond acceptors (Lipinski definition) is 4. The zero-order valence-electron chi connectivity index (χ0n) is 11.9. The van der Waals surface area contributed by atoms with Crippen molar-refractivity contribution in [2.45, 2.75) is 25.5 Å². The van der Waals surface area contributed by atoms with Gasteiger partial charge in [-0.2, -0.15) is 0 Å². The van der Waals surface area contributed by atoms with Crippen molar-refractivity contribution in [3.8, 4) is 5.75 Å². The zero-order chi connectivity index (χ0) is 14.5. The minimum atomic E-state index is -0.615. The van der Waals surface area contributed by atoms with Gasteiger partial charge in [0.15, 0.2) is 0 Å². The van der Waals surface area contributed by atoms with Crippen molar-refractivity contribution in [2.24, 2.45) is 0 Å². The van der Waals surface area contributed by atoms with Gasteiger partial charge in [0.25, 0.3) is 5.91 Å². The first kappa shape index (κ1) is 14.8. The first-order chi connectivity index (χ1) is 9.63. The minimum Gasteiger partial charge on any atom is -0.494 e. The van der Waals surface area contributed by atoms with E-state index in [0.29, 0.717) is 18.8 Å². The molecule has 1 aromatic carbocycles. The summed E-state index contributed by atoms with van der Waals surface area (Å²) in [5.41, 5.74) is 0.579. The fraction of sp³-hybridized carbons (Fsp3) is 0.533. The molecular weight excluding hydrogens is 258 g/mol. The van der Waals surface area contributed by atoms with E-state index in [0.717, 1.165) is 12.2 Å². The molecular formula is C15H21NO4. The van der Waals surface area contributed by atoms with Crippen LogP contribution in [0.3, 0.4) is 0 Å². The maximum atomic E-state index is 12.3. The Balaban J connectivity index is 2.01. The van der Waals surface area contributed by atoms with Crippen molar-refractivity contribution < 1.29 is 19.4 Å². The maximum Gasteiger partial charge on any atom is 0.254 e. The largest absolute Gasteiger partial charge is 0.494 e. The third-order valence-corrected chi connectivity index (χ3v) is 3.41. The lowest BCUT2D eigenvalue weighted by atomic mass is 10.1. The molecule has 2 rings (SSSR count). The summed E-state index contributed by atoms with van der Waals surface area (Å²) in [6, 6.07) is 6.78. The zero-order valence-corrected chi connectivity index (χ0v) is 11.9. The molecule has 5 heteroatoms. The predicted molar refractivity (Wildman–Crippen MR) is 74.9 cm³/mol. The van der Waals surface area contributed by atoms with Crippen LogP contribution in [-0.4, -0.2) is 54.9 Å². The number of hydrogen-bond donors (Lipinski definition) is 1. The van der Waals surface area contributed by atoms with Gasteiger partial charge in [-0.25, -0.2) is 0 Å². The van der Waals surface area contributed by atoms with Gasteiger partial charge in [0.2, 0.25) is 0 Å². The Labute approximate surface area is 119 Å². The van der Waals surface area contributed by atoms with E-state index in [9.17, 15) is 9.90 Å². The van der Waals surface area contributed by atoms with Gasteiger partial charge in [-0.05, 0) is 30.7 Å². The van der Waals surface area contributed by atoms with Crippen molar-refractivity contribution in [3.63, 3.8) is 0 Å². The summed E-state index contributed by atoms with van der Waals surface area (Å²) in [4.78, 5) is 13.9. The van der Waals surface area contributed by atoms with Gasteiger partial charge in [-0.15, -0.1) is 0 Å². The third-order valence-electron chi connectivity index (χ3n) is 3.41. The van der Waals surface area contributed by atoms with Crippen LogP contribution in [0.25, 0.3) is 0 Å². The van der Waals surface area contributed by atoms with Crippen LogP contribution in [0, 0.1) is 0 Å². The van der Waals surface area contributed by atoms with E-state index in [-0.39, 0.29) is 18.6 Å². The Morgan fingerprint density at radius 2 is 2.10 bits per heavy atom. The molecule has 0 unspecified atom stereocenters. The van der Waals surface area contributed by atoms with Gasteiger partial charge in [0.1, 0.15) is 5.75 Å². The quantitative estimate of drug-likeness (QED) is 0.883. The van der Waals surface area contributed by atoms with Crippen LogP contribution < -0.4 is 4.74 Å². The van der Waals surface area contributed by atoms with Crippen LogP contribution >= 0.6 is 0 Å². The fourth-order valence-corrected chi connectivity index (χ4v) is 2.17. The molecule has 110 valence electrons. The van der Waals surface area contributed by atoms with Crippen LogP contribution in [0.4, 0.5) is 0 Å². The number of likely N-dealkylation sites (N-methyl/N-ethyl adjacent to an activating group) is 1. The van der Waals surface area contributed by atoms with E-state index in [1.165, 1.54) is 0 Å². The van der Waals surface area contributed by atoms with Crippen LogP contribution in [0.5, 0.6) is 5.75 Å². The van der Waals surface area contributed by atoms with E-state index >= 15 is 0 Å². The van der Waals surface area contributed by atoms with E-state index in [4.69, 9.17) is 9.47 Å². The molecule has 0 saturated carbocycles. The summed E-state index contributed by atoms with van der Waals surface area (Å²) < 4.78 is 10.7. The summed E-state index contributed by atoms with van der Waals surface area (Å²) in [5.74, 6) is 0.636. The SMILES string of the molecule is CCCOc1ccc(C(=O)N(C)[C@H]2COC[C@@H]2O)cc1. The van der Waals surface area contributed by atoms with Crippen molar-refractivity contribution in [1.82, 2.24) is 4.90 Å². The van der Waals surface area contributed by atoms with E-state index in [1.807, 2.05) is 6.92 Å². The molecule has 2 atom stereocenters.